The summed E-state index contributed by atoms with van der Waals surface area (Å²) in [4.78, 5) is 11.9. The Morgan fingerprint density at radius 1 is 1.40 bits per heavy atom. The molecule has 5 heteroatoms. The quantitative estimate of drug-likeness (QED) is 0.549. The average Bonchev–Trinajstić information content (AvgIpc) is 2.17. The van der Waals surface area contributed by atoms with Gasteiger partial charge in [-0.2, -0.15) is 0 Å². The molecule has 1 aromatic rings. The number of carboxylic acids is 1. The highest BCUT2D eigenvalue weighted by Gasteiger charge is 2.02. The first-order valence-corrected chi connectivity index (χ1v) is 5.11. The number of benzene rings is 1. The molecule has 0 aromatic heterocycles. The van der Waals surface area contributed by atoms with Crippen LogP contribution in [0.15, 0.2) is 30.3 Å². The van der Waals surface area contributed by atoms with Gasteiger partial charge in [0.05, 0.1) is 12.5 Å². The van der Waals surface area contributed by atoms with Crippen LogP contribution in [0.1, 0.15) is 5.56 Å². The van der Waals surface area contributed by atoms with Gasteiger partial charge in [-0.3, -0.25) is 0 Å². The molecule has 0 spiro atoms. The van der Waals surface area contributed by atoms with Crippen LogP contribution in [-0.4, -0.2) is 21.7 Å². The fourth-order valence-electron chi connectivity index (χ4n) is 1.14. The minimum Gasteiger partial charge on any atom is -0.548 e. The summed E-state index contributed by atoms with van der Waals surface area (Å²) in [5, 5.41) is 10.4. The molecule has 0 aliphatic carbocycles. The molecule has 0 bridgehead atoms. The van der Waals surface area contributed by atoms with Crippen molar-refractivity contribution in [2.45, 2.75) is 6.54 Å². The van der Waals surface area contributed by atoms with Crippen LogP contribution in [0.5, 0.6) is 0 Å². The summed E-state index contributed by atoms with van der Waals surface area (Å²) in [6, 6.07) is 9.41. The molecule has 80 valence electrons. The molecule has 0 saturated carbocycles. The zero-order chi connectivity index (χ0) is 11.3. The minimum absolute atomic E-state index is 0.142. The number of nitrogens with zero attached hydrogens (tertiary/aromatic N) is 1. The van der Waals surface area contributed by atoms with E-state index < -0.39 is 5.97 Å². The zero-order valence-electron chi connectivity index (χ0n) is 7.88. The number of rotatable bonds is 4. The first kappa shape index (κ1) is 11.9. The Balaban J connectivity index is 2.67. The summed E-state index contributed by atoms with van der Waals surface area (Å²) in [7, 11) is 0. The van der Waals surface area contributed by atoms with Gasteiger partial charge in [0.15, 0.2) is 0 Å². The summed E-state index contributed by atoms with van der Waals surface area (Å²) >= 11 is 9.57. The van der Waals surface area contributed by atoms with E-state index in [9.17, 15) is 9.90 Å². The number of carbonyl (C=O) groups excluding carboxylic acids is 1. The molecule has 0 N–H and O–H groups in total. The van der Waals surface area contributed by atoms with E-state index in [1.54, 1.807) is 0 Å². The number of hydrogen-bond donors (Lipinski definition) is 0. The molecule has 0 amide bonds. The van der Waals surface area contributed by atoms with Crippen LogP contribution in [0.25, 0.3) is 0 Å². The molecule has 15 heavy (non-hydrogen) atoms. The van der Waals surface area contributed by atoms with Crippen LogP contribution < -0.4 is 5.11 Å². The van der Waals surface area contributed by atoms with E-state index in [-0.39, 0.29) is 10.9 Å². The largest absolute Gasteiger partial charge is 0.548 e. The van der Waals surface area contributed by atoms with Gasteiger partial charge >= 0.3 is 0 Å². The monoisotopic (exact) mass is 239 g/mol. The first-order valence-electron chi connectivity index (χ1n) is 4.29. The number of thiocarbonyl (C=S) groups is 1. The fraction of sp³-hybridized carbons (Fsp3) is 0.200. The summed E-state index contributed by atoms with van der Waals surface area (Å²) in [5.41, 5.74) is 0.964. The summed E-state index contributed by atoms with van der Waals surface area (Å²) in [6.45, 7) is 0.133. The molecular weight excluding hydrogens is 230 g/mol. The lowest BCUT2D eigenvalue weighted by Gasteiger charge is -2.28. The lowest BCUT2D eigenvalue weighted by molar-refractivity contribution is -0.305. The third-order valence-corrected chi connectivity index (χ3v) is 2.31. The normalized spacial score (nSPS) is 9.60. The van der Waals surface area contributed by atoms with Crippen LogP contribution in [0.3, 0.4) is 0 Å². The Morgan fingerprint density at radius 2 is 2.00 bits per heavy atom. The number of aliphatic carboxylic acids is 1. The van der Waals surface area contributed by atoms with E-state index in [1.807, 2.05) is 30.3 Å². The van der Waals surface area contributed by atoms with Gasteiger partial charge in [0.2, 0.25) is 0 Å². The second-order valence-corrected chi connectivity index (χ2v) is 4.01. The molecule has 0 radical (unpaired) electrons. The fourth-order valence-corrected chi connectivity index (χ4v) is 1.40. The summed E-state index contributed by atoms with van der Waals surface area (Å²) < 4.78 is 0.142. The average molecular weight is 239 g/mol. The Morgan fingerprint density at radius 3 is 2.47 bits per heavy atom. The molecule has 0 saturated heterocycles. The maximum Gasteiger partial charge on any atom is 0.0607 e. The second kappa shape index (κ2) is 5.63. The Kier molecular flexibility index (Phi) is 4.45. The van der Waals surface area contributed by atoms with E-state index in [0.29, 0.717) is 6.54 Å². The van der Waals surface area contributed by atoms with Crippen molar-refractivity contribution < 1.29 is 9.90 Å². The third kappa shape index (κ3) is 4.22. The predicted octanol–water partition coefficient (Wildman–Crippen LogP) is 0.0703. The van der Waals surface area contributed by atoms with Crippen molar-refractivity contribution >= 4 is 35.1 Å². The van der Waals surface area contributed by atoms with E-state index in [4.69, 9.17) is 24.8 Å². The van der Waals surface area contributed by atoms with Crippen molar-refractivity contribution in [1.82, 2.24) is 4.90 Å². The van der Waals surface area contributed by atoms with Crippen molar-refractivity contribution in [3.8, 4) is 0 Å². The molecule has 1 aromatic carbocycles. The van der Waals surface area contributed by atoms with E-state index in [0.717, 1.165) is 5.56 Å². The van der Waals surface area contributed by atoms with Gasteiger partial charge in [-0.1, -0.05) is 34.7 Å². The van der Waals surface area contributed by atoms with Crippen molar-refractivity contribution in [3.63, 3.8) is 0 Å². The van der Waals surface area contributed by atoms with Crippen LogP contribution in [0.2, 0.25) is 0 Å². The van der Waals surface area contributed by atoms with Crippen LogP contribution in [0, 0.1) is 0 Å². The molecule has 0 aliphatic heterocycles. The highest BCUT2D eigenvalue weighted by atomic mass is 32.1. The molecule has 0 heterocycles. The molecule has 0 atom stereocenters. The summed E-state index contributed by atoms with van der Waals surface area (Å²) in [6.07, 6.45) is 0. The lowest BCUT2D eigenvalue weighted by Crippen LogP contribution is -2.39. The molecule has 3 nitrogen and oxygen atoms in total. The topological polar surface area (TPSA) is 43.4 Å². The molecular formula is C10H9NO2S2-2. The van der Waals surface area contributed by atoms with Gasteiger partial charge in [0.25, 0.3) is 0 Å². The van der Waals surface area contributed by atoms with E-state index in [2.05, 4.69) is 0 Å². The van der Waals surface area contributed by atoms with Gasteiger partial charge in [0, 0.05) is 6.54 Å². The molecule has 0 fully saturated rings. The van der Waals surface area contributed by atoms with Gasteiger partial charge in [-0.05, 0) is 5.56 Å². The molecule has 1 rings (SSSR count). The lowest BCUT2D eigenvalue weighted by atomic mass is 10.2. The Bertz CT molecular complexity index is 354. The SMILES string of the molecule is O=C([O-])CN(Cc1ccccc1)C(=S)[S-]. The standard InChI is InChI=1S/C10H11NO2S2/c12-9(13)7-11(10(14)15)6-8-4-2-1-3-5-8/h1-5H,6-7H2,(H,12,13)(H,14,15)/p-2. The molecule has 0 unspecified atom stereocenters. The van der Waals surface area contributed by atoms with Crippen LogP contribution in [0.4, 0.5) is 0 Å². The Labute approximate surface area is 99.1 Å². The summed E-state index contributed by atoms with van der Waals surface area (Å²) in [5.74, 6) is -1.18. The van der Waals surface area contributed by atoms with E-state index in [1.165, 1.54) is 4.90 Å². The number of carboxylic acid groups (broad SMARTS) is 1. The Hall–Kier alpha value is -1.20. The first-order chi connectivity index (χ1) is 7.09. The van der Waals surface area contributed by atoms with Crippen LogP contribution in [-0.2, 0) is 24.0 Å². The number of carbonyl (C=O) groups is 1. The van der Waals surface area contributed by atoms with Gasteiger partial charge < -0.3 is 39.6 Å². The van der Waals surface area contributed by atoms with Crippen LogP contribution >= 0.6 is 12.2 Å². The second-order valence-electron chi connectivity index (χ2n) is 2.98. The van der Waals surface area contributed by atoms with Gasteiger partial charge in [-0.15, -0.1) is 0 Å². The third-order valence-electron chi connectivity index (χ3n) is 1.79. The zero-order valence-corrected chi connectivity index (χ0v) is 9.51. The highest BCUT2D eigenvalue weighted by molar-refractivity contribution is 8.00. The maximum absolute atomic E-state index is 10.4. The molecule has 0 aliphatic rings. The van der Waals surface area contributed by atoms with Crippen molar-refractivity contribution in [2.24, 2.45) is 0 Å². The minimum atomic E-state index is -1.18. The van der Waals surface area contributed by atoms with E-state index >= 15 is 0 Å². The van der Waals surface area contributed by atoms with Crippen molar-refractivity contribution in [3.05, 3.63) is 35.9 Å². The maximum atomic E-state index is 10.4. The van der Waals surface area contributed by atoms with Gasteiger partial charge in [-0.25, -0.2) is 0 Å². The number of hydrogen-bond acceptors (Lipinski definition) is 4. The smallest absolute Gasteiger partial charge is 0.0607 e. The highest BCUT2D eigenvalue weighted by Crippen LogP contribution is 2.04. The predicted molar refractivity (Wildman–Crippen MR) is 61.8 cm³/mol. The van der Waals surface area contributed by atoms with Gasteiger partial charge in [0.1, 0.15) is 0 Å². The van der Waals surface area contributed by atoms with Crippen molar-refractivity contribution in [2.75, 3.05) is 6.54 Å². The van der Waals surface area contributed by atoms with Crippen molar-refractivity contribution in [1.29, 1.82) is 0 Å².